The van der Waals surface area contributed by atoms with Crippen LogP contribution in [0.3, 0.4) is 0 Å². The molecule has 0 bridgehead atoms. The molecule has 2 N–H and O–H groups in total. The van der Waals surface area contributed by atoms with Crippen molar-refractivity contribution < 1.29 is 19.4 Å². The normalized spacial score (nSPS) is 15.8. The lowest BCUT2D eigenvalue weighted by Gasteiger charge is -2.16. The Balaban J connectivity index is 1.33. The van der Waals surface area contributed by atoms with Gasteiger partial charge < -0.3 is 19.6 Å². The number of carbonyl (C=O) groups excluding carboxylic acids is 2. The van der Waals surface area contributed by atoms with Gasteiger partial charge in [0.1, 0.15) is 23.8 Å². The van der Waals surface area contributed by atoms with E-state index in [9.17, 15) is 14.7 Å². The number of Topliss-reactive ketones (excluding diaryl/α,β-unsaturated/α-hetero) is 1. The highest BCUT2D eigenvalue weighted by molar-refractivity contribution is 6.10. The van der Waals surface area contributed by atoms with Gasteiger partial charge in [0, 0.05) is 37.0 Å². The van der Waals surface area contributed by atoms with E-state index in [4.69, 9.17) is 4.74 Å². The Labute approximate surface area is 204 Å². The number of phenolic OH excluding ortho intramolecular Hbond substituents is 1. The highest BCUT2D eigenvalue weighted by Gasteiger charge is 2.30. The number of aromatic nitrogens is 2. The van der Waals surface area contributed by atoms with Gasteiger partial charge in [-0.3, -0.25) is 14.7 Å². The van der Waals surface area contributed by atoms with E-state index in [0.717, 1.165) is 55.6 Å². The molecule has 1 aliphatic carbocycles. The highest BCUT2D eigenvalue weighted by atomic mass is 16.5. The number of benzene rings is 2. The summed E-state index contributed by atoms with van der Waals surface area (Å²) in [6, 6.07) is 9.03. The molecule has 0 saturated heterocycles. The van der Waals surface area contributed by atoms with Gasteiger partial charge in [-0.1, -0.05) is 25.8 Å². The van der Waals surface area contributed by atoms with Gasteiger partial charge in [0.05, 0.1) is 11.1 Å². The maximum absolute atomic E-state index is 13.4. The third-order valence-electron chi connectivity index (χ3n) is 7.34. The molecule has 1 amide bonds. The molecule has 0 atom stereocenters. The number of H-pyrrole nitrogens is 1. The number of hydrogen-bond donors (Lipinski definition) is 2. The third kappa shape index (κ3) is 4.62. The number of aromatic hydroxyl groups is 1. The van der Waals surface area contributed by atoms with Crippen molar-refractivity contribution in [3.63, 3.8) is 0 Å². The van der Waals surface area contributed by atoms with Crippen LogP contribution < -0.4 is 4.74 Å². The second kappa shape index (κ2) is 9.70. The number of likely N-dealkylation sites (N-methyl/N-ethyl adjacent to an activating group) is 1. The first-order valence-electron chi connectivity index (χ1n) is 12.4. The number of amides is 1. The number of hydrogen-bond acceptors (Lipinski definition) is 6. The quantitative estimate of drug-likeness (QED) is 0.475. The predicted molar refractivity (Wildman–Crippen MR) is 133 cm³/mol. The molecule has 0 unspecified atom stereocenters. The van der Waals surface area contributed by atoms with Crippen molar-refractivity contribution in [1.29, 1.82) is 0 Å². The molecule has 184 valence electrons. The molecule has 1 aliphatic heterocycles. The number of nitrogens with zero attached hydrogens (tertiary/aromatic N) is 3. The van der Waals surface area contributed by atoms with Crippen LogP contribution in [0.2, 0.25) is 0 Å². The summed E-state index contributed by atoms with van der Waals surface area (Å²) >= 11 is 0. The molecule has 0 spiro atoms. The van der Waals surface area contributed by atoms with Crippen molar-refractivity contribution in [2.75, 3.05) is 26.7 Å². The van der Waals surface area contributed by atoms with E-state index in [-0.39, 0.29) is 28.9 Å². The zero-order valence-corrected chi connectivity index (χ0v) is 20.3. The minimum Gasteiger partial charge on any atom is -0.507 e. The first kappa shape index (κ1) is 23.4. The summed E-state index contributed by atoms with van der Waals surface area (Å²) in [5, 5.41) is 18.3. The van der Waals surface area contributed by atoms with E-state index in [1.807, 2.05) is 18.2 Å². The summed E-state index contributed by atoms with van der Waals surface area (Å²) in [6.45, 7) is 5.43. The molecule has 8 heteroatoms. The molecule has 1 aromatic heterocycles. The van der Waals surface area contributed by atoms with Crippen LogP contribution in [0.5, 0.6) is 11.5 Å². The van der Waals surface area contributed by atoms with Gasteiger partial charge in [0.2, 0.25) is 0 Å². The molecular weight excluding hydrogens is 444 g/mol. The summed E-state index contributed by atoms with van der Waals surface area (Å²) in [6.07, 6.45) is 3.87. The fourth-order valence-electron chi connectivity index (χ4n) is 5.05. The maximum Gasteiger partial charge on any atom is 0.258 e. The van der Waals surface area contributed by atoms with Crippen LogP contribution in [-0.2, 0) is 13.1 Å². The first-order chi connectivity index (χ1) is 16.9. The zero-order chi connectivity index (χ0) is 24.5. The topological polar surface area (TPSA) is 98.8 Å². The highest BCUT2D eigenvalue weighted by Crippen LogP contribution is 2.34. The second-order valence-corrected chi connectivity index (χ2v) is 9.67. The van der Waals surface area contributed by atoms with Crippen LogP contribution >= 0.6 is 0 Å². The van der Waals surface area contributed by atoms with Crippen LogP contribution in [-0.4, -0.2) is 63.5 Å². The van der Waals surface area contributed by atoms with Crippen molar-refractivity contribution in [1.82, 2.24) is 20.0 Å². The number of carbonyl (C=O) groups is 2. The van der Waals surface area contributed by atoms with Crippen LogP contribution in [0.25, 0.3) is 10.9 Å². The van der Waals surface area contributed by atoms with Gasteiger partial charge in [0.25, 0.3) is 5.91 Å². The molecule has 1 saturated carbocycles. The number of ketones is 1. The summed E-state index contributed by atoms with van der Waals surface area (Å²) in [5.74, 6) is 0.407. The number of phenols is 1. The van der Waals surface area contributed by atoms with Crippen molar-refractivity contribution in [3.8, 4) is 11.5 Å². The Hall–Kier alpha value is -3.39. The maximum atomic E-state index is 13.4. The summed E-state index contributed by atoms with van der Waals surface area (Å²) in [4.78, 5) is 30.3. The average Bonchev–Trinajstić information content (AvgIpc) is 3.61. The van der Waals surface area contributed by atoms with E-state index in [0.29, 0.717) is 36.3 Å². The van der Waals surface area contributed by atoms with Crippen LogP contribution in [0.1, 0.15) is 64.6 Å². The van der Waals surface area contributed by atoms with Crippen molar-refractivity contribution >= 4 is 22.6 Å². The molecular formula is C27H32N4O4. The van der Waals surface area contributed by atoms with E-state index in [1.165, 1.54) is 6.07 Å². The van der Waals surface area contributed by atoms with Crippen molar-refractivity contribution in [2.24, 2.45) is 5.92 Å². The molecule has 1 fully saturated rings. The third-order valence-corrected chi connectivity index (χ3v) is 7.34. The molecule has 2 aromatic carbocycles. The Kier molecular flexibility index (Phi) is 6.47. The minimum atomic E-state index is -0.270. The standard InChI is InChI=1S/C27H32N4O4/c1-3-30(2)10-11-35-20-9-8-18-15-31(16-19(18)12-20)27(34)22-13-21-23(14-24(22)32)28-29-25(21)26(33)17-6-4-5-7-17/h8-9,12-14,17,32H,3-7,10-11,15-16H2,1-2H3,(H,28,29). The first-order valence-corrected chi connectivity index (χ1v) is 12.4. The Bertz CT molecular complexity index is 1260. The van der Waals surface area contributed by atoms with E-state index in [2.05, 4.69) is 29.1 Å². The smallest absolute Gasteiger partial charge is 0.258 e. The molecule has 5 rings (SSSR count). The number of nitrogens with one attached hydrogen (secondary N) is 1. The molecule has 2 aliphatic rings. The lowest BCUT2D eigenvalue weighted by atomic mass is 9.97. The number of rotatable bonds is 8. The average molecular weight is 477 g/mol. The summed E-state index contributed by atoms with van der Waals surface area (Å²) in [7, 11) is 2.05. The fourth-order valence-corrected chi connectivity index (χ4v) is 5.05. The van der Waals surface area contributed by atoms with Gasteiger partial charge in [-0.2, -0.15) is 5.10 Å². The van der Waals surface area contributed by atoms with Crippen LogP contribution in [0.4, 0.5) is 0 Å². The second-order valence-electron chi connectivity index (χ2n) is 9.67. The lowest BCUT2D eigenvalue weighted by molar-refractivity contribution is 0.0748. The number of ether oxygens (including phenoxy) is 1. The molecule has 8 nitrogen and oxygen atoms in total. The summed E-state index contributed by atoms with van der Waals surface area (Å²) < 4.78 is 5.89. The lowest BCUT2D eigenvalue weighted by Crippen LogP contribution is -2.25. The van der Waals surface area contributed by atoms with Crippen molar-refractivity contribution in [2.45, 2.75) is 45.7 Å². The Morgan fingerprint density at radius 1 is 1.17 bits per heavy atom. The number of aromatic amines is 1. The van der Waals surface area contributed by atoms with Gasteiger partial charge in [-0.05, 0) is 55.8 Å². The van der Waals surface area contributed by atoms with Gasteiger partial charge in [0.15, 0.2) is 5.78 Å². The van der Waals surface area contributed by atoms with Crippen molar-refractivity contribution in [3.05, 3.63) is 52.7 Å². The minimum absolute atomic E-state index is 0.0127. The van der Waals surface area contributed by atoms with Gasteiger partial charge in [-0.25, -0.2) is 0 Å². The number of fused-ring (bicyclic) bond motifs is 2. The van der Waals surface area contributed by atoms with E-state index < -0.39 is 0 Å². The van der Waals surface area contributed by atoms with E-state index in [1.54, 1.807) is 11.0 Å². The summed E-state index contributed by atoms with van der Waals surface area (Å²) in [5.41, 5.74) is 3.21. The Morgan fingerprint density at radius 3 is 2.71 bits per heavy atom. The molecule has 2 heterocycles. The molecule has 35 heavy (non-hydrogen) atoms. The Morgan fingerprint density at radius 2 is 1.94 bits per heavy atom. The van der Waals surface area contributed by atoms with Crippen LogP contribution in [0.15, 0.2) is 30.3 Å². The van der Waals surface area contributed by atoms with Crippen LogP contribution in [0, 0.1) is 5.92 Å². The van der Waals surface area contributed by atoms with E-state index >= 15 is 0 Å². The largest absolute Gasteiger partial charge is 0.507 e. The fraction of sp³-hybridized carbons (Fsp3) is 0.444. The van der Waals surface area contributed by atoms with Gasteiger partial charge >= 0.3 is 0 Å². The predicted octanol–water partition coefficient (Wildman–Crippen LogP) is 4.13. The van der Waals surface area contributed by atoms with Gasteiger partial charge in [-0.15, -0.1) is 0 Å². The molecule has 0 radical (unpaired) electrons. The zero-order valence-electron chi connectivity index (χ0n) is 20.3. The molecule has 3 aromatic rings. The SMILES string of the molecule is CCN(C)CCOc1ccc2c(c1)CN(C(=O)c1cc3c(C(=O)C4CCCC4)n[nH]c3cc1O)C2. The monoisotopic (exact) mass is 476 g/mol.